The number of urea groups is 1. The average molecular weight is 284 g/mol. The van der Waals surface area contributed by atoms with Gasteiger partial charge in [0.2, 0.25) is 0 Å². The number of carbonyl (C=O) groups excluding carboxylic acids is 1. The molecule has 3 atom stereocenters. The fourth-order valence-electron chi connectivity index (χ4n) is 2.69. The number of nitrogens with one attached hydrogen (secondary N) is 2. The molecule has 3 unspecified atom stereocenters. The van der Waals surface area contributed by atoms with Crippen LogP contribution in [0.15, 0.2) is 0 Å². The summed E-state index contributed by atoms with van der Waals surface area (Å²) in [6.07, 6.45) is 5.34. The van der Waals surface area contributed by atoms with E-state index in [4.69, 9.17) is 0 Å². The standard InChI is InChI=1S/C15H28N2O3/c1-10(2)8-9-11(3)16-15(20)17-13-7-5-4-6-12(13)14(18)19/h10-13H,4-9H2,1-3H3,(H,18,19)(H2,16,17,20). The van der Waals surface area contributed by atoms with Gasteiger partial charge in [0, 0.05) is 12.1 Å². The SMILES string of the molecule is CC(C)CCC(C)NC(=O)NC1CCCCC1C(=O)O. The molecule has 0 aromatic rings. The van der Waals surface area contributed by atoms with Gasteiger partial charge in [-0.05, 0) is 38.5 Å². The second-order valence-corrected chi connectivity index (χ2v) is 6.33. The van der Waals surface area contributed by atoms with Crippen molar-refractivity contribution in [3.63, 3.8) is 0 Å². The number of carboxylic acid groups (broad SMARTS) is 1. The van der Waals surface area contributed by atoms with Crippen LogP contribution in [0.3, 0.4) is 0 Å². The topological polar surface area (TPSA) is 78.4 Å². The van der Waals surface area contributed by atoms with E-state index < -0.39 is 11.9 Å². The van der Waals surface area contributed by atoms with Crippen molar-refractivity contribution in [1.29, 1.82) is 0 Å². The summed E-state index contributed by atoms with van der Waals surface area (Å²) < 4.78 is 0. The number of hydrogen-bond donors (Lipinski definition) is 3. The molecule has 20 heavy (non-hydrogen) atoms. The van der Waals surface area contributed by atoms with Gasteiger partial charge in [0.25, 0.3) is 0 Å². The summed E-state index contributed by atoms with van der Waals surface area (Å²) in [7, 11) is 0. The Balaban J connectivity index is 2.38. The lowest BCUT2D eigenvalue weighted by atomic mass is 9.84. The number of amides is 2. The highest BCUT2D eigenvalue weighted by Gasteiger charge is 2.31. The van der Waals surface area contributed by atoms with Gasteiger partial charge < -0.3 is 15.7 Å². The van der Waals surface area contributed by atoms with E-state index >= 15 is 0 Å². The predicted molar refractivity (Wildman–Crippen MR) is 78.6 cm³/mol. The highest BCUT2D eigenvalue weighted by molar-refractivity contribution is 5.77. The van der Waals surface area contributed by atoms with Crippen LogP contribution in [0.4, 0.5) is 4.79 Å². The van der Waals surface area contributed by atoms with E-state index in [1.807, 2.05) is 6.92 Å². The van der Waals surface area contributed by atoms with Crippen molar-refractivity contribution in [3.05, 3.63) is 0 Å². The molecule has 0 aromatic heterocycles. The molecule has 0 heterocycles. The van der Waals surface area contributed by atoms with Gasteiger partial charge >= 0.3 is 12.0 Å². The van der Waals surface area contributed by atoms with Crippen LogP contribution < -0.4 is 10.6 Å². The summed E-state index contributed by atoms with van der Waals surface area (Å²) in [6, 6.07) is -0.359. The molecular weight excluding hydrogens is 256 g/mol. The van der Waals surface area contributed by atoms with Crippen LogP contribution in [0.1, 0.15) is 59.3 Å². The van der Waals surface area contributed by atoms with Crippen molar-refractivity contribution in [1.82, 2.24) is 10.6 Å². The first-order chi connectivity index (χ1) is 9.40. The third-order valence-electron chi connectivity index (χ3n) is 3.95. The average Bonchev–Trinajstić information content (AvgIpc) is 2.36. The molecule has 0 saturated heterocycles. The molecule has 0 bridgehead atoms. The quantitative estimate of drug-likeness (QED) is 0.701. The lowest BCUT2D eigenvalue weighted by Gasteiger charge is -2.29. The zero-order valence-corrected chi connectivity index (χ0v) is 12.8. The van der Waals surface area contributed by atoms with Crippen molar-refractivity contribution in [2.24, 2.45) is 11.8 Å². The minimum atomic E-state index is -0.803. The van der Waals surface area contributed by atoms with Gasteiger partial charge in [0.1, 0.15) is 0 Å². The van der Waals surface area contributed by atoms with Gasteiger partial charge in [-0.3, -0.25) is 4.79 Å². The van der Waals surface area contributed by atoms with Crippen LogP contribution >= 0.6 is 0 Å². The van der Waals surface area contributed by atoms with E-state index in [0.717, 1.165) is 32.1 Å². The first kappa shape index (κ1) is 16.8. The highest BCUT2D eigenvalue weighted by Crippen LogP contribution is 2.24. The zero-order chi connectivity index (χ0) is 15.1. The van der Waals surface area contributed by atoms with Gasteiger partial charge in [0.05, 0.1) is 5.92 Å². The highest BCUT2D eigenvalue weighted by atomic mass is 16.4. The first-order valence-corrected chi connectivity index (χ1v) is 7.70. The maximum absolute atomic E-state index is 11.9. The summed E-state index contributed by atoms with van der Waals surface area (Å²) in [5, 5.41) is 14.9. The Morgan fingerprint density at radius 2 is 1.80 bits per heavy atom. The Morgan fingerprint density at radius 3 is 2.40 bits per heavy atom. The van der Waals surface area contributed by atoms with E-state index in [1.165, 1.54) is 0 Å². The van der Waals surface area contributed by atoms with Crippen molar-refractivity contribution in [3.8, 4) is 0 Å². The smallest absolute Gasteiger partial charge is 0.315 e. The Hall–Kier alpha value is -1.26. The van der Waals surface area contributed by atoms with Gasteiger partial charge in [-0.25, -0.2) is 4.79 Å². The Bertz CT molecular complexity index is 331. The monoisotopic (exact) mass is 284 g/mol. The summed E-state index contributed by atoms with van der Waals surface area (Å²) in [6.45, 7) is 6.30. The molecule has 2 amide bonds. The van der Waals surface area contributed by atoms with E-state index in [9.17, 15) is 14.7 Å². The van der Waals surface area contributed by atoms with E-state index in [2.05, 4.69) is 24.5 Å². The van der Waals surface area contributed by atoms with E-state index in [-0.39, 0.29) is 18.1 Å². The molecule has 0 spiro atoms. The third-order valence-corrected chi connectivity index (χ3v) is 3.95. The number of rotatable bonds is 6. The van der Waals surface area contributed by atoms with Crippen LogP contribution in [0.2, 0.25) is 0 Å². The van der Waals surface area contributed by atoms with Crippen molar-refractivity contribution in [2.75, 3.05) is 0 Å². The fraction of sp³-hybridized carbons (Fsp3) is 0.867. The predicted octanol–water partition coefficient (Wildman–Crippen LogP) is 2.75. The number of aliphatic carboxylic acids is 1. The number of hydrogen-bond acceptors (Lipinski definition) is 2. The minimum Gasteiger partial charge on any atom is -0.481 e. The molecule has 116 valence electrons. The Kier molecular flexibility index (Phi) is 6.82. The lowest BCUT2D eigenvalue weighted by Crippen LogP contribution is -2.50. The van der Waals surface area contributed by atoms with Gasteiger partial charge in [0.15, 0.2) is 0 Å². The number of carboxylic acids is 1. The van der Waals surface area contributed by atoms with Crippen LogP contribution in [0.25, 0.3) is 0 Å². The van der Waals surface area contributed by atoms with Crippen molar-refractivity contribution in [2.45, 2.75) is 71.4 Å². The maximum Gasteiger partial charge on any atom is 0.315 e. The summed E-state index contributed by atoms with van der Waals surface area (Å²) in [5.74, 6) is -0.625. The van der Waals surface area contributed by atoms with Crippen LogP contribution in [0.5, 0.6) is 0 Å². The van der Waals surface area contributed by atoms with Crippen LogP contribution in [-0.4, -0.2) is 29.2 Å². The summed E-state index contributed by atoms with van der Waals surface area (Å²) in [4.78, 5) is 23.1. The third kappa shape index (κ3) is 5.80. The molecule has 5 heteroatoms. The normalized spacial score (nSPS) is 24.2. The molecule has 1 aliphatic rings. The van der Waals surface area contributed by atoms with Crippen LogP contribution in [0, 0.1) is 11.8 Å². The molecule has 0 aromatic carbocycles. The van der Waals surface area contributed by atoms with Gasteiger partial charge in [-0.15, -0.1) is 0 Å². The first-order valence-electron chi connectivity index (χ1n) is 7.70. The Labute approximate surface area is 121 Å². The summed E-state index contributed by atoms with van der Waals surface area (Å²) in [5.41, 5.74) is 0. The van der Waals surface area contributed by atoms with Gasteiger partial charge in [-0.2, -0.15) is 0 Å². The molecule has 0 aliphatic heterocycles. The van der Waals surface area contributed by atoms with Crippen molar-refractivity contribution < 1.29 is 14.7 Å². The lowest BCUT2D eigenvalue weighted by molar-refractivity contribution is -0.143. The molecule has 1 aliphatic carbocycles. The zero-order valence-electron chi connectivity index (χ0n) is 12.8. The minimum absolute atomic E-state index is 0.115. The van der Waals surface area contributed by atoms with E-state index in [1.54, 1.807) is 0 Å². The maximum atomic E-state index is 11.9. The van der Waals surface area contributed by atoms with E-state index in [0.29, 0.717) is 12.3 Å². The molecule has 1 fully saturated rings. The number of carbonyl (C=O) groups is 2. The molecule has 1 saturated carbocycles. The Morgan fingerprint density at radius 1 is 1.15 bits per heavy atom. The fourth-order valence-corrected chi connectivity index (χ4v) is 2.69. The molecule has 0 radical (unpaired) electrons. The second kappa shape index (κ2) is 8.12. The largest absolute Gasteiger partial charge is 0.481 e. The second-order valence-electron chi connectivity index (χ2n) is 6.33. The molecule has 1 rings (SSSR count). The van der Waals surface area contributed by atoms with Crippen molar-refractivity contribution >= 4 is 12.0 Å². The van der Waals surface area contributed by atoms with Crippen LogP contribution in [-0.2, 0) is 4.79 Å². The van der Waals surface area contributed by atoms with Gasteiger partial charge in [-0.1, -0.05) is 26.7 Å². The summed E-state index contributed by atoms with van der Waals surface area (Å²) >= 11 is 0. The molecular formula is C15H28N2O3. The molecule has 5 nitrogen and oxygen atoms in total. The molecule has 3 N–H and O–H groups in total.